The minimum atomic E-state index is -0.355. The lowest BCUT2D eigenvalue weighted by Gasteiger charge is -2.16. The molecule has 2 N–H and O–H groups in total. The molecule has 18 heavy (non-hydrogen) atoms. The zero-order valence-electron chi connectivity index (χ0n) is 9.67. The van der Waals surface area contributed by atoms with Crippen LogP contribution in [0.2, 0.25) is 0 Å². The summed E-state index contributed by atoms with van der Waals surface area (Å²) in [5.41, 5.74) is 6.14. The highest BCUT2D eigenvalue weighted by atomic mass is 19.1. The average molecular weight is 246 g/mol. The minimum absolute atomic E-state index is 0.177. The number of hydrogen-bond acceptors (Lipinski definition) is 4. The molecule has 2 rings (SSSR count). The van der Waals surface area contributed by atoms with Gasteiger partial charge in [0.1, 0.15) is 17.3 Å². The van der Waals surface area contributed by atoms with Crippen LogP contribution in [-0.2, 0) is 0 Å². The van der Waals surface area contributed by atoms with E-state index in [9.17, 15) is 9.18 Å². The van der Waals surface area contributed by atoms with Crippen LogP contribution in [0.5, 0.6) is 0 Å². The van der Waals surface area contributed by atoms with Gasteiger partial charge >= 0.3 is 0 Å². The summed E-state index contributed by atoms with van der Waals surface area (Å²) in [5.74, 6) is -0.447. The fraction of sp³-hybridized carbons (Fsp3) is 0.0833. The van der Waals surface area contributed by atoms with Crippen LogP contribution in [0.3, 0.4) is 0 Å². The lowest BCUT2D eigenvalue weighted by Crippen LogP contribution is -2.27. The molecular formula is C12H11FN4O. The third-order valence-electron chi connectivity index (χ3n) is 2.41. The molecule has 0 saturated heterocycles. The van der Waals surface area contributed by atoms with E-state index in [1.807, 2.05) is 0 Å². The lowest BCUT2D eigenvalue weighted by atomic mass is 10.2. The molecule has 0 fully saturated rings. The fourth-order valence-corrected chi connectivity index (χ4v) is 1.40. The second kappa shape index (κ2) is 4.79. The summed E-state index contributed by atoms with van der Waals surface area (Å²) in [7, 11) is 1.58. The van der Waals surface area contributed by atoms with Crippen LogP contribution >= 0.6 is 0 Å². The second-order valence-corrected chi connectivity index (χ2v) is 3.67. The van der Waals surface area contributed by atoms with Crippen molar-refractivity contribution < 1.29 is 9.18 Å². The summed E-state index contributed by atoms with van der Waals surface area (Å²) in [6.07, 6.45) is 2.61. The van der Waals surface area contributed by atoms with Gasteiger partial charge in [-0.05, 0) is 24.3 Å². The van der Waals surface area contributed by atoms with Crippen LogP contribution in [-0.4, -0.2) is 22.9 Å². The van der Waals surface area contributed by atoms with E-state index < -0.39 is 0 Å². The molecule has 1 amide bonds. The number of benzene rings is 1. The number of carbonyl (C=O) groups excluding carboxylic acids is 1. The van der Waals surface area contributed by atoms with Gasteiger partial charge in [0.25, 0.3) is 5.91 Å². The lowest BCUT2D eigenvalue weighted by molar-refractivity contribution is 0.0988. The van der Waals surface area contributed by atoms with Gasteiger partial charge < -0.3 is 10.6 Å². The Balaban J connectivity index is 2.23. The number of rotatable bonds is 2. The molecule has 0 bridgehead atoms. The molecule has 1 aromatic heterocycles. The van der Waals surface area contributed by atoms with Gasteiger partial charge in [-0.15, -0.1) is 0 Å². The van der Waals surface area contributed by atoms with Crippen LogP contribution in [0.25, 0.3) is 0 Å². The van der Waals surface area contributed by atoms with Crippen molar-refractivity contribution in [2.75, 3.05) is 17.7 Å². The number of hydrogen-bond donors (Lipinski definition) is 1. The highest BCUT2D eigenvalue weighted by Gasteiger charge is 2.15. The Hall–Kier alpha value is -2.50. The van der Waals surface area contributed by atoms with Gasteiger partial charge in [-0.2, -0.15) is 0 Å². The van der Waals surface area contributed by atoms with Gasteiger partial charge in [-0.3, -0.25) is 4.79 Å². The van der Waals surface area contributed by atoms with E-state index in [1.165, 1.54) is 41.6 Å². The van der Waals surface area contributed by atoms with Crippen molar-refractivity contribution in [3.8, 4) is 0 Å². The Morgan fingerprint density at radius 2 is 1.89 bits per heavy atom. The first-order chi connectivity index (χ1) is 8.58. The molecule has 6 heteroatoms. The number of nitrogens with two attached hydrogens (primary N) is 1. The van der Waals surface area contributed by atoms with Crippen molar-refractivity contribution in [1.82, 2.24) is 9.97 Å². The predicted octanol–water partition coefficient (Wildman–Crippen LogP) is 1.47. The molecule has 0 atom stereocenters. The van der Waals surface area contributed by atoms with Crippen molar-refractivity contribution in [1.29, 1.82) is 0 Å². The third kappa shape index (κ3) is 2.42. The maximum absolute atomic E-state index is 12.8. The monoisotopic (exact) mass is 246 g/mol. The molecule has 0 spiro atoms. The van der Waals surface area contributed by atoms with E-state index in [-0.39, 0.29) is 23.2 Å². The first-order valence-electron chi connectivity index (χ1n) is 5.19. The van der Waals surface area contributed by atoms with Gasteiger partial charge in [-0.25, -0.2) is 14.4 Å². The fourth-order valence-electron chi connectivity index (χ4n) is 1.40. The first-order valence-corrected chi connectivity index (χ1v) is 5.19. The Bertz CT molecular complexity index is 553. The predicted molar refractivity (Wildman–Crippen MR) is 65.6 cm³/mol. The topological polar surface area (TPSA) is 72.1 Å². The average Bonchev–Trinajstić information content (AvgIpc) is 2.39. The van der Waals surface area contributed by atoms with Crippen LogP contribution < -0.4 is 10.6 Å². The van der Waals surface area contributed by atoms with Crippen LogP contribution in [0.4, 0.5) is 15.9 Å². The van der Waals surface area contributed by atoms with Gasteiger partial charge in [-0.1, -0.05) is 0 Å². The minimum Gasteiger partial charge on any atom is -0.382 e. The summed E-state index contributed by atoms with van der Waals surface area (Å²) in [5, 5.41) is 0. The molecule has 0 aliphatic carbocycles. The van der Waals surface area contributed by atoms with Crippen molar-refractivity contribution in [3.05, 3.63) is 48.2 Å². The Morgan fingerprint density at radius 1 is 1.22 bits per heavy atom. The second-order valence-electron chi connectivity index (χ2n) is 3.67. The van der Waals surface area contributed by atoms with Gasteiger partial charge in [0.2, 0.25) is 0 Å². The van der Waals surface area contributed by atoms with Gasteiger partial charge in [0.15, 0.2) is 0 Å². The quantitative estimate of drug-likeness (QED) is 0.871. The Labute approximate surface area is 103 Å². The largest absolute Gasteiger partial charge is 0.382 e. The maximum Gasteiger partial charge on any atom is 0.278 e. The van der Waals surface area contributed by atoms with Crippen LogP contribution in [0.1, 0.15) is 10.5 Å². The summed E-state index contributed by atoms with van der Waals surface area (Å²) < 4.78 is 12.8. The van der Waals surface area contributed by atoms with E-state index in [0.29, 0.717) is 5.69 Å². The summed E-state index contributed by atoms with van der Waals surface area (Å²) >= 11 is 0. The molecule has 92 valence electrons. The Kier molecular flexibility index (Phi) is 3.18. The molecule has 1 heterocycles. The molecule has 0 aliphatic rings. The maximum atomic E-state index is 12.8. The van der Waals surface area contributed by atoms with E-state index in [1.54, 1.807) is 7.05 Å². The number of carbonyl (C=O) groups is 1. The highest BCUT2D eigenvalue weighted by molar-refractivity contribution is 6.04. The normalized spacial score (nSPS) is 10.1. The number of halogens is 1. The number of aromatic nitrogens is 2. The van der Waals surface area contributed by atoms with Crippen molar-refractivity contribution in [3.63, 3.8) is 0 Å². The SMILES string of the molecule is CN(C(=O)c1cnc(N)cn1)c1ccc(F)cc1. The van der Waals surface area contributed by atoms with E-state index in [4.69, 9.17) is 5.73 Å². The number of amides is 1. The molecule has 2 aromatic rings. The van der Waals surface area contributed by atoms with E-state index >= 15 is 0 Å². The smallest absolute Gasteiger partial charge is 0.278 e. The van der Waals surface area contributed by atoms with Crippen molar-refractivity contribution in [2.24, 2.45) is 0 Å². The third-order valence-corrected chi connectivity index (χ3v) is 2.41. The van der Waals surface area contributed by atoms with Crippen molar-refractivity contribution >= 4 is 17.4 Å². The molecule has 0 unspecified atom stereocenters. The van der Waals surface area contributed by atoms with Crippen molar-refractivity contribution in [2.45, 2.75) is 0 Å². The zero-order valence-corrected chi connectivity index (χ0v) is 9.67. The molecule has 0 radical (unpaired) electrons. The first kappa shape index (κ1) is 12.0. The van der Waals surface area contributed by atoms with Crippen LogP contribution in [0, 0.1) is 5.82 Å². The summed E-state index contributed by atoms with van der Waals surface area (Å²) in [6, 6.07) is 5.59. The summed E-state index contributed by atoms with van der Waals surface area (Å²) in [6.45, 7) is 0. The van der Waals surface area contributed by atoms with E-state index in [2.05, 4.69) is 9.97 Å². The number of nitrogens with zero attached hydrogens (tertiary/aromatic N) is 3. The number of nitrogen functional groups attached to an aromatic ring is 1. The summed E-state index contributed by atoms with van der Waals surface area (Å²) in [4.78, 5) is 21.1. The Morgan fingerprint density at radius 3 is 2.44 bits per heavy atom. The van der Waals surface area contributed by atoms with Gasteiger partial charge in [0, 0.05) is 12.7 Å². The molecule has 1 aromatic carbocycles. The highest BCUT2D eigenvalue weighted by Crippen LogP contribution is 2.15. The van der Waals surface area contributed by atoms with Crippen LogP contribution in [0.15, 0.2) is 36.7 Å². The molecular weight excluding hydrogens is 235 g/mol. The number of anilines is 2. The standard InChI is InChI=1S/C12H11FN4O/c1-17(9-4-2-8(13)3-5-9)12(18)10-6-16-11(14)7-15-10/h2-7H,1H3,(H2,14,16). The van der Waals surface area contributed by atoms with Gasteiger partial charge in [0.05, 0.1) is 12.4 Å². The zero-order chi connectivity index (χ0) is 13.1. The molecule has 5 nitrogen and oxygen atoms in total. The molecule has 0 aliphatic heterocycles. The molecule has 0 saturated carbocycles. The van der Waals surface area contributed by atoms with E-state index in [0.717, 1.165) is 0 Å².